The molecule has 1 aliphatic rings. The van der Waals surface area contributed by atoms with E-state index in [-0.39, 0.29) is 0 Å². The van der Waals surface area contributed by atoms with Crippen molar-refractivity contribution < 1.29 is 4.84 Å². The van der Waals surface area contributed by atoms with Crippen LogP contribution in [0.15, 0.2) is 0 Å². The highest BCUT2D eigenvalue weighted by molar-refractivity contribution is 4.77. The van der Waals surface area contributed by atoms with Gasteiger partial charge in [-0.05, 0) is 32.6 Å². The van der Waals surface area contributed by atoms with Gasteiger partial charge in [-0.25, -0.2) is 0 Å². The molecule has 3 nitrogen and oxygen atoms in total. The molecule has 1 fully saturated rings. The molecule has 3 heteroatoms. The molecule has 0 saturated heterocycles. The minimum atomic E-state index is 0.427. The Hall–Kier alpha value is -0.120. The number of nitrogens with two attached hydrogens (primary N) is 1. The summed E-state index contributed by atoms with van der Waals surface area (Å²) in [5.74, 6) is 0. The molecule has 0 atom stereocenters. The number of nitrogens with zero attached hydrogens (tertiary/aromatic N) is 1. The lowest BCUT2D eigenvalue weighted by Gasteiger charge is -2.32. The second kappa shape index (κ2) is 4.80. The molecule has 0 unspecified atom stereocenters. The van der Waals surface area contributed by atoms with Crippen LogP contribution in [0.4, 0.5) is 0 Å². The molecule has 12 heavy (non-hydrogen) atoms. The van der Waals surface area contributed by atoms with Crippen molar-refractivity contribution in [2.75, 3.05) is 13.7 Å². The summed E-state index contributed by atoms with van der Waals surface area (Å²) in [7, 11) is 2.02. The van der Waals surface area contributed by atoms with Gasteiger partial charge in [-0.3, -0.25) is 4.84 Å². The van der Waals surface area contributed by atoms with E-state index < -0.39 is 0 Å². The van der Waals surface area contributed by atoms with Crippen LogP contribution in [0.5, 0.6) is 0 Å². The molecule has 0 spiro atoms. The van der Waals surface area contributed by atoms with E-state index in [4.69, 9.17) is 10.6 Å². The van der Waals surface area contributed by atoms with E-state index in [1.165, 1.54) is 12.8 Å². The van der Waals surface area contributed by atoms with Crippen molar-refractivity contribution in [1.82, 2.24) is 5.06 Å². The molecule has 0 aliphatic heterocycles. The van der Waals surface area contributed by atoms with Crippen molar-refractivity contribution >= 4 is 0 Å². The van der Waals surface area contributed by atoms with Crippen LogP contribution in [0.25, 0.3) is 0 Å². The number of hydroxylamine groups is 2. The molecular weight excluding hydrogens is 152 g/mol. The predicted octanol–water partition coefficient (Wildman–Crippen LogP) is 1.14. The van der Waals surface area contributed by atoms with Gasteiger partial charge < -0.3 is 5.73 Å². The first-order valence-corrected chi connectivity index (χ1v) is 4.85. The molecule has 0 aromatic heterocycles. The molecule has 0 bridgehead atoms. The van der Waals surface area contributed by atoms with Gasteiger partial charge in [0.1, 0.15) is 0 Å². The maximum Gasteiger partial charge on any atom is 0.0656 e. The third kappa shape index (κ3) is 2.73. The molecule has 0 heterocycles. The third-order valence-corrected chi connectivity index (χ3v) is 2.59. The van der Waals surface area contributed by atoms with Crippen molar-refractivity contribution in [3.05, 3.63) is 0 Å². The van der Waals surface area contributed by atoms with Crippen LogP contribution >= 0.6 is 0 Å². The fraction of sp³-hybridized carbons (Fsp3) is 1.00. The van der Waals surface area contributed by atoms with Gasteiger partial charge in [0.25, 0.3) is 0 Å². The average Bonchev–Trinajstić information content (AvgIpc) is 2.06. The Labute approximate surface area is 74.8 Å². The zero-order valence-electron chi connectivity index (χ0n) is 8.12. The van der Waals surface area contributed by atoms with E-state index >= 15 is 0 Å². The van der Waals surface area contributed by atoms with E-state index in [2.05, 4.69) is 0 Å². The van der Waals surface area contributed by atoms with Crippen LogP contribution < -0.4 is 5.73 Å². The highest BCUT2D eigenvalue weighted by Crippen LogP contribution is 2.20. The minimum Gasteiger partial charge on any atom is -0.328 e. The Balaban J connectivity index is 2.24. The Morgan fingerprint density at radius 2 is 1.92 bits per heavy atom. The molecule has 1 rings (SSSR count). The first kappa shape index (κ1) is 9.96. The minimum absolute atomic E-state index is 0.427. The molecule has 0 aromatic carbocycles. The molecule has 1 saturated carbocycles. The van der Waals surface area contributed by atoms with Gasteiger partial charge in [-0.2, -0.15) is 5.06 Å². The fourth-order valence-corrected chi connectivity index (χ4v) is 1.77. The van der Waals surface area contributed by atoms with Crippen LogP contribution in [0.3, 0.4) is 0 Å². The summed E-state index contributed by atoms with van der Waals surface area (Å²) in [4.78, 5) is 5.41. The molecule has 1 aliphatic carbocycles. The smallest absolute Gasteiger partial charge is 0.0656 e. The van der Waals surface area contributed by atoms with Crippen LogP contribution in [-0.2, 0) is 4.84 Å². The van der Waals surface area contributed by atoms with Gasteiger partial charge in [0.2, 0.25) is 0 Å². The zero-order valence-corrected chi connectivity index (χ0v) is 8.12. The largest absolute Gasteiger partial charge is 0.328 e. The summed E-state index contributed by atoms with van der Waals surface area (Å²) in [5.41, 5.74) is 5.81. The highest BCUT2D eigenvalue weighted by atomic mass is 16.7. The van der Waals surface area contributed by atoms with E-state index in [9.17, 15) is 0 Å². The summed E-state index contributed by atoms with van der Waals surface area (Å²) in [6.07, 6.45) is 4.64. The van der Waals surface area contributed by atoms with Gasteiger partial charge in [-0.1, -0.05) is 0 Å². The number of rotatable bonds is 3. The second-order valence-electron chi connectivity index (χ2n) is 3.53. The summed E-state index contributed by atoms with van der Waals surface area (Å²) >= 11 is 0. The third-order valence-electron chi connectivity index (χ3n) is 2.59. The molecule has 2 N–H and O–H groups in total. The first-order chi connectivity index (χ1) is 5.74. The maximum atomic E-state index is 5.81. The summed E-state index contributed by atoms with van der Waals surface area (Å²) in [6, 6.07) is 1.01. The normalized spacial score (nSPS) is 31.0. The van der Waals surface area contributed by atoms with Crippen LogP contribution in [0.1, 0.15) is 32.6 Å². The summed E-state index contributed by atoms with van der Waals surface area (Å²) in [5, 5.41) is 1.99. The lowest BCUT2D eigenvalue weighted by atomic mass is 9.92. The topological polar surface area (TPSA) is 38.5 Å². The molecule has 0 amide bonds. The zero-order chi connectivity index (χ0) is 8.97. The first-order valence-electron chi connectivity index (χ1n) is 4.85. The standard InChI is InChI=1S/C9H20N2O/c1-3-12-11(2)9-6-4-8(10)5-7-9/h8-9H,3-7,10H2,1-2H3. The summed E-state index contributed by atoms with van der Waals surface area (Å²) in [6.45, 7) is 2.78. The van der Waals surface area contributed by atoms with E-state index in [0.29, 0.717) is 12.1 Å². The van der Waals surface area contributed by atoms with Gasteiger partial charge in [0, 0.05) is 19.1 Å². The van der Waals surface area contributed by atoms with Crippen LogP contribution in [-0.4, -0.2) is 30.8 Å². The van der Waals surface area contributed by atoms with Gasteiger partial charge in [0.15, 0.2) is 0 Å². The lowest BCUT2D eigenvalue weighted by molar-refractivity contribution is -0.169. The summed E-state index contributed by atoms with van der Waals surface area (Å²) < 4.78 is 0. The average molecular weight is 172 g/mol. The monoisotopic (exact) mass is 172 g/mol. The van der Waals surface area contributed by atoms with Crippen molar-refractivity contribution in [3.8, 4) is 0 Å². The van der Waals surface area contributed by atoms with Crippen molar-refractivity contribution in [1.29, 1.82) is 0 Å². The Bertz CT molecular complexity index is 122. The van der Waals surface area contributed by atoms with Gasteiger partial charge >= 0.3 is 0 Å². The second-order valence-corrected chi connectivity index (χ2v) is 3.53. The molecular formula is C9H20N2O. The van der Waals surface area contributed by atoms with Crippen molar-refractivity contribution in [3.63, 3.8) is 0 Å². The van der Waals surface area contributed by atoms with Crippen molar-refractivity contribution in [2.24, 2.45) is 5.73 Å². The number of hydrogen-bond acceptors (Lipinski definition) is 3. The number of hydrogen-bond donors (Lipinski definition) is 1. The van der Waals surface area contributed by atoms with Crippen molar-refractivity contribution in [2.45, 2.75) is 44.7 Å². The maximum absolute atomic E-state index is 5.81. The van der Waals surface area contributed by atoms with E-state index in [1.807, 2.05) is 19.0 Å². The Kier molecular flexibility index (Phi) is 3.98. The predicted molar refractivity (Wildman–Crippen MR) is 49.6 cm³/mol. The Morgan fingerprint density at radius 1 is 1.33 bits per heavy atom. The SMILES string of the molecule is CCON(C)C1CCC(N)CC1. The van der Waals surface area contributed by atoms with E-state index in [1.54, 1.807) is 0 Å². The van der Waals surface area contributed by atoms with Crippen LogP contribution in [0.2, 0.25) is 0 Å². The Morgan fingerprint density at radius 3 is 2.42 bits per heavy atom. The van der Waals surface area contributed by atoms with Gasteiger partial charge in [-0.15, -0.1) is 0 Å². The fourth-order valence-electron chi connectivity index (χ4n) is 1.77. The molecule has 0 aromatic rings. The van der Waals surface area contributed by atoms with E-state index in [0.717, 1.165) is 19.4 Å². The highest BCUT2D eigenvalue weighted by Gasteiger charge is 2.21. The van der Waals surface area contributed by atoms with Gasteiger partial charge in [0.05, 0.1) is 6.61 Å². The molecule has 72 valence electrons. The lowest BCUT2D eigenvalue weighted by Crippen LogP contribution is -2.38. The van der Waals surface area contributed by atoms with Crippen LogP contribution in [0, 0.1) is 0 Å². The molecule has 0 radical (unpaired) electrons. The quantitative estimate of drug-likeness (QED) is 0.649.